The average Bonchev–Trinajstić information content (AvgIpc) is 3.13. The maximum Gasteiger partial charge on any atom is 0.331 e. The van der Waals surface area contributed by atoms with E-state index in [1.807, 2.05) is 48.7 Å². The Morgan fingerprint density at radius 3 is 2.71 bits per heavy atom. The maximum absolute atomic E-state index is 12.1. The second kappa shape index (κ2) is 12.3. The molecule has 0 amide bonds. The van der Waals surface area contributed by atoms with E-state index in [4.69, 9.17) is 9.47 Å². The molecule has 0 aromatic heterocycles. The predicted octanol–water partition coefficient (Wildman–Crippen LogP) is 4.59. The van der Waals surface area contributed by atoms with Crippen molar-refractivity contribution in [3.63, 3.8) is 0 Å². The summed E-state index contributed by atoms with van der Waals surface area (Å²) in [6, 6.07) is 9.96. The minimum Gasteiger partial charge on any atom is -0.463 e. The second-order valence-corrected chi connectivity index (χ2v) is 7.62. The molecule has 0 spiro atoms. The zero-order valence-electron chi connectivity index (χ0n) is 16.7. The normalized spacial score (nSPS) is 20.1. The molecule has 5 nitrogen and oxygen atoms in total. The monoisotopic (exact) mass is 400 g/mol. The number of hydrogen-bond donors (Lipinski definition) is 0. The van der Waals surface area contributed by atoms with Crippen molar-refractivity contribution in [1.29, 1.82) is 0 Å². The van der Waals surface area contributed by atoms with Crippen molar-refractivity contribution in [2.45, 2.75) is 44.4 Å². The summed E-state index contributed by atoms with van der Waals surface area (Å²) in [4.78, 5) is 21.3. The van der Waals surface area contributed by atoms with E-state index in [-0.39, 0.29) is 18.1 Å². The van der Waals surface area contributed by atoms with Crippen molar-refractivity contribution in [3.8, 4) is 0 Å². The van der Waals surface area contributed by atoms with E-state index in [1.165, 1.54) is 6.08 Å². The summed E-state index contributed by atoms with van der Waals surface area (Å²) in [5.74, 6) is -0.379. The third kappa shape index (κ3) is 7.44. The van der Waals surface area contributed by atoms with Gasteiger partial charge in [0.1, 0.15) is 12.1 Å². The molecule has 28 heavy (non-hydrogen) atoms. The molecule has 0 aliphatic carbocycles. The van der Waals surface area contributed by atoms with Crippen LogP contribution in [-0.2, 0) is 20.9 Å². The van der Waals surface area contributed by atoms with Crippen LogP contribution in [0.2, 0.25) is 0 Å². The van der Waals surface area contributed by atoms with Crippen LogP contribution in [-0.4, -0.2) is 41.9 Å². The number of esters is 1. The SMILES string of the molecule is CC/C=C\C(=NCOCc1ccccc1)/C(=C/C(=O)OCC)C1N=CC(C)S1. The van der Waals surface area contributed by atoms with Crippen LogP contribution in [0.25, 0.3) is 0 Å². The van der Waals surface area contributed by atoms with Gasteiger partial charge in [0.05, 0.1) is 18.9 Å². The molecule has 0 saturated heterocycles. The molecule has 2 unspecified atom stereocenters. The first-order valence-electron chi connectivity index (χ1n) is 9.54. The molecule has 1 aromatic rings. The minimum absolute atomic E-state index is 0.172. The van der Waals surface area contributed by atoms with Crippen LogP contribution in [0.1, 0.15) is 32.8 Å². The van der Waals surface area contributed by atoms with Crippen LogP contribution in [0, 0.1) is 0 Å². The summed E-state index contributed by atoms with van der Waals surface area (Å²) in [7, 11) is 0. The van der Waals surface area contributed by atoms with Crippen LogP contribution < -0.4 is 0 Å². The van der Waals surface area contributed by atoms with Crippen molar-refractivity contribution < 1.29 is 14.3 Å². The molecule has 1 aliphatic rings. The Morgan fingerprint density at radius 1 is 1.29 bits per heavy atom. The van der Waals surface area contributed by atoms with E-state index in [9.17, 15) is 4.79 Å². The number of carbonyl (C=O) groups excluding carboxylic acids is 1. The Balaban J connectivity index is 2.17. The number of rotatable bonds is 10. The second-order valence-electron chi connectivity index (χ2n) is 6.16. The zero-order valence-corrected chi connectivity index (χ0v) is 17.5. The van der Waals surface area contributed by atoms with Crippen molar-refractivity contribution in [2.24, 2.45) is 9.98 Å². The highest BCUT2D eigenvalue weighted by atomic mass is 32.2. The number of thioether (sulfide) groups is 1. The predicted molar refractivity (Wildman–Crippen MR) is 117 cm³/mol. The molecule has 0 radical (unpaired) electrons. The highest BCUT2D eigenvalue weighted by Crippen LogP contribution is 2.30. The summed E-state index contributed by atoms with van der Waals surface area (Å²) >= 11 is 1.68. The quantitative estimate of drug-likeness (QED) is 0.249. The van der Waals surface area contributed by atoms with E-state index in [0.717, 1.165) is 17.6 Å². The van der Waals surface area contributed by atoms with Crippen LogP contribution in [0.4, 0.5) is 0 Å². The maximum atomic E-state index is 12.1. The molecule has 0 fully saturated rings. The molecular weight excluding hydrogens is 372 g/mol. The summed E-state index contributed by atoms with van der Waals surface area (Å²) in [5, 5.41) is 0.120. The molecule has 1 aromatic carbocycles. The van der Waals surface area contributed by atoms with E-state index in [2.05, 4.69) is 23.8 Å². The van der Waals surface area contributed by atoms with Crippen molar-refractivity contribution in [1.82, 2.24) is 0 Å². The zero-order chi connectivity index (χ0) is 20.2. The lowest BCUT2D eigenvalue weighted by Crippen LogP contribution is -2.15. The number of hydrogen-bond acceptors (Lipinski definition) is 6. The molecule has 2 rings (SSSR count). The van der Waals surface area contributed by atoms with Crippen LogP contribution >= 0.6 is 11.8 Å². The highest BCUT2D eigenvalue weighted by Gasteiger charge is 2.25. The van der Waals surface area contributed by atoms with Gasteiger partial charge in [-0.3, -0.25) is 9.98 Å². The van der Waals surface area contributed by atoms with Crippen molar-refractivity contribution >= 4 is 29.7 Å². The standard InChI is InChI=1S/C22H28N2O3S/c1-4-6-12-20(24-16-26-15-18-10-8-7-9-11-18)19(13-21(25)27-5-2)22-23-14-17(3)28-22/h6-14,17,22H,4-5,15-16H2,1-3H3/b12-6-,19-13-,24-20?. The molecule has 150 valence electrons. The Labute approximate surface area is 171 Å². The Hall–Kier alpha value is -2.18. The average molecular weight is 401 g/mol. The highest BCUT2D eigenvalue weighted by molar-refractivity contribution is 8.01. The molecular formula is C22H28N2O3S. The molecule has 1 heterocycles. The van der Waals surface area contributed by atoms with Gasteiger partial charge in [0, 0.05) is 23.1 Å². The Morgan fingerprint density at radius 2 is 2.07 bits per heavy atom. The first-order chi connectivity index (χ1) is 13.6. The lowest BCUT2D eigenvalue weighted by molar-refractivity contribution is -0.137. The van der Waals surface area contributed by atoms with Gasteiger partial charge in [0.15, 0.2) is 0 Å². The summed E-state index contributed by atoms with van der Waals surface area (Å²) in [5.41, 5.74) is 2.54. The number of allylic oxidation sites excluding steroid dienone is 2. The summed E-state index contributed by atoms with van der Waals surface area (Å²) in [6.07, 6.45) is 8.22. The lowest BCUT2D eigenvalue weighted by Gasteiger charge is -2.14. The molecule has 0 N–H and O–H groups in total. The molecule has 0 bridgehead atoms. The van der Waals surface area contributed by atoms with Crippen LogP contribution in [0.15, 0.2) is 64.1 Å². The number of aliphatic imine (C=N–C) groups is 2. The van der Waals surface area contributed by atoms with E-state index >= 15 is 0 Å². The lowest BCUT2D eigenvalue weighted by atomic mass is 10.1. The largest absolute Gasteiger partial charge is 0.463 e. The molecule has 0 saturated carbocycles. The van der Waals surface area contributed by atoms with Crippen LogP contribution in [0.3, 0.4) is 0 Å². The summed E-state index contributed by atoms with van der Waals surface area (Å²) in [6.45, 7) is 6.95. The number of benzene rings is 1. The first kappa shape index (κ1) is 22.1. The van der Waals surface area contributed by atoms with Crippen molar-refractivity contribution in [2.75, 3.05) is 13.3 Å². The van der Waals surface area contributed by atoms with Gasteiger partial charge in [0.25, 0.3) is 0 Å². The Bertz CT molecular complexity index is 741. The van der Waals surface area contributed by atoms with E-state index < -0.39 is 0 Å². The minimum atomic E-state index is -0.379. The third-order valence-corrected chi connectivity index (χ3v) is 5.03. The fraction of sp³-hybridized carbons (Fsp3) is 0.409. The van der Waals surface area contributed by atoms with Crippen LogP contribution in [0.5, 0.6) is 0 Å². The van der Waals surface area contributed by atoms with Gasteiger partial charge in [-0.05, 0) is 31.9 Å². The van der Waals surface area contributed by atoms with Crippen molar-refractivity contribution in [3.05, 3.63) is 59.7 Å². The van der Waals surface area contributed by atoms with E-state index in [0.29, 0.717) is 24.2 Å². The van der Waals surface area contributed by atoms with Gasteiger partial charge >= 0.3 is 5.97 Å². The van der Waals surface area contributed by atoms with Gasteiger partial charge in [0.2, 0.25) is 0 Å². The molecule has 6 heteroatoms. The third-order valence-electron chi connectivity index (χ3n) is 3.85. The van der Waals surface area contributed by atoms with Gasteiger partial charge < -0.3 is 9.47 Å². The van der Waals surface area contributed by atoms with Gasteiger partial charge in [-0.1, -0.05) is 43.3 Å². The Kier molecular flexibility index (Phi) is 9.72. The topological polar surface area (TPSA) is 60.2 Å². The van der Waals surface area contributed by atoms with Gasteiger partial charge in [-0.2, -0.15) is 0 Å². The fourth-order valence-corrected chi connectivity index (χ4v) is 3.55. The molecule has 2 atom stereocenters. The first-order valence-corrected chi connectivity index (χ1v) is 10.5. The van der Waals surface area contributed by atoms with E-state index in [1.54, 1.807) is 18.7 Å². The fourth-order valence-electron chi connectivity index (χ4n) is 2.53. The smallest absolute Gasteiger partial charge is 0.331 e. The van der Waals surface area contributed by atoms with Gasteiger partial charge in [-0.15, -0.1) is 11.8 Å². The number of ether oxygens (including phenoxy) is 2. The number of carbonyl (C=O) groups is 1. The molecule has 1 aliphatic heterocycles. The van der Waals surface area contributed by atoms with Gasteiger partial charge in [-0.25, -0.2) is 4.79 Å². The number of nitrogens with zero attached hydrogens (tertiary/aromatic N) is 2. The summed E-state index contributed by atoms with van der Waals surface area (Å²) < 4.78 is 10.8.